The molecular weight excluding hydrogens is 202 g/mol. The Morgan fingerprint density at radius 1 is 1.38 bits per heavy atom. The number of carbonyl (C=O) groups is 1. The van der Waals surface area contributed by atoms with Crippen molar-refractivity contribution < 1.29 is 9.90 Å². The highest BCUT2D eigenvalue weighted by Gasteiger charge is 2.39. The van der Waals surface area contributed by atoms with E-state index in [1.54, 1.807) is 0 Å². The first-order chi connectivity index (χ1) is 7.25. The molecule has 0 aromatic carbocycles. The second-order valence-electron chi connectivity index (χ2n) is 6.15. The maximum Gasteiger partial charge on any atom is 0.308 e. The van der Waals surface area contributed by atoms with Gasteiger partial charge in [0.15, 0.2) is 0 Å². The zero-order valence-electron chi connectivity index (χ0n) is 11.2. The van der Waals surface area contributed by atoms with E-state index in [2.05, 4.69) is 39.6 Å². The third-order valence-electron chi connectivity index (χ3n) is 4.18. The van der Waals surface area contributed by atoms with Crippen molar-refractivity contribution in [1.82, 2.24) is 4.90 Å². The smallest absolute Gasteiger partial charge is 0.308 e. The van der Waals surface area contributed by atoms with Crippen LogP contribution in [0.4, 0.5) is 0 Å². The SMILES string of the molecule is CC(N(C)C1CCCC1C(=O)O)C(C)(C)C. The molecule has 0 saturated heterocycles. The van der Waals surface area contributed by atoms with E-state index in [1.165, 1.54) is 0 Å². The van der Waals surface area contributed by atoms with Crippen molar-refractivity contribution in [3.63, 3.8) is 0 Å². The Morgan fingerprint density at radius 3 is 2.38 bits per heavy atom. The Bertz CT molecular complexity index is 257. The molecule has 1 rings (SSSR count). The number of carboxylic acid groups (broad SMARTS) is 1. The third kappa shape index (κ3) is 2.76. The molecule has 0 spiro atoms. The fraction of sp³-hybridized carbons (Fsp3) is 0.923. The lowest BCUT2D eigenvalue weighted by atomic mass is 9.85. The fourth-order valence-corrected chi connectivity index (χ4v) is 2.61. The first-order valence-corrected chi connectivity index (χ1v) is 6.20. The minimum Gasteiger partial charge on any atom is -0.481 e. The van der Waals surface area contributed by atoms with Crippen LogP contribution in [0.5, 0.6) is 0 Å². The molecule has 0 bridgehead atoms. The molecule has 1 saturated carbocycles. The molecule has 1 fully saturated rings. The second kappa shape index (κ2) is 4.74. The Morgan fingerprint density at radius 2 is 1.94 bits per heavy atom. The minimum atomic E-state index is -0.629. The van der Waals surface area contributed by atoms with Gasteiger partial charge in [0.1, 0.15) is 0 Å². The van der Waals surface area contributed by atoms with Gasteiger partial charge in [-0.15, -0.1) is 0 Å². The van der Waals surface area contributed by atoms with Crippen LogP contribution in [-0.2, 0) is 4.79 Å². The average molecular weight is 227 g/mol. The molecule has 3 heteroatoms. The van der Waals surface area contributed by atoms with Crippen molar-refractivity contribution in [2.75, 3.05) is 7.05 Å². The maximum atomic E-state index is 11.2. The molecule has 1 aliphatic rings. The summed E-state index contributed by atoms with van der Waals surface area (Å²) in [6.45, 7) is 8.81. The van der Waals surface area contributed by atoms with Gasteiger partial charge in [0.2, 0.25) is 0 Å². The Kier molecular flexibility index (Phi) is 4.00. The largest absolute Gasteiger partial charge is 0.481 e. The number of aliphatic carboxylic acids is 1. The van der Waals surface area contributed by atoms with Crippen LogP contribution in [0.25, 0.3) is 0 Å². The van der Waals surface area contributed by atoms with Crippen LogP contribution in [0.2, 0.25) is 0 Å². The highest BCUT2D eigenvalue weighted by Crippen LogP contribution is 2.34. The van der Waals surface area contributed by atoms with E-state index in [0.29, 0.717) is 6.04 Å². The van der Waals surface area contributed by atoms with Crippen LogP contribution in [0.3, 0.4) is 0 Å². The summed E-state index contributed by atoms with van der Waals surface area (Å²) >= 11 is 0. The molecule has 0 aromatic rings. The molecule has 0 aliphatic heterocycles. The van der Waals surface area contributed by atoms with Crippen molar-refractivity contribution in [3.05, 3.63) is 0 Å². The summed E-state index contributed by atoms with van der Waals surface area (Å²) in [5, 5.41) is 9.19. The van der Waals surface area contributed by atoms with E-state index in [1.807, 2.05) is 0 Å². The van der Waals surface area contributed by atoms with Crippen molar-refractivity contribution in [1.29, 1.82) is 0 Å². The molecule has 1 N–H and O–H groups in total. The summed E-state index contributed by atoms with van der Waals surface area (Å²) in [5.74, 6) is -0.801. The Labute approximate surface area is 98.8 Å². The Hall–Kier alpha value is -0.570. The van der Waals surface area contributed by atoms with Crippen molar-refractivity contribution in [3.8, 4) is 0 Å². The Balaban J connectivity index is 2.73. The third-order valence-corrected chi connectivity index (χ3v) is 4.18. The van der Waals surface area contributed by atoms with Crippen LogP contribution in [0.1, 0.15) is 47.0 Å². The molecule has 3 unspecified atom stereocenters. The number of hydrogen-bond acceptors (Lipinski definition) is 2. The van der Waals surface area contributed by atoms with Crippen LogP contribution in [0.15, 0.2) is 0 Å². The molecule has 1 aliphatic carbocycles. The van der Waals surface area contributed by atoms with E-state index in [0.717, 1.165) is 19.3 Å². The van der Waals surface area contributed by atoms with Gasteiger partial charge < -0.3 is 5.11 Å². The fourth-order valence-electron chi connectivity index (χ4n) is 2.61. The lowest BCUT2D eigenvalue weighted by molar-refractivity contribution is -0.143. The molecule has 16 heavy (non-hydrogen) atoms. The number of carboxylic acids is 1. The highest BCUT2D eigenvalue weighted by molar-refractivity contribution is 5.71. The van der Waals surface area contributed by atoms with Crippen molar-refractivity contribution in [2.24, 2.45) is 11.3 Å². The molecule has 0 aromatic heterocycles. The lowest BCUT2D eigenvalue weighted by Gasteiger charge is -2.40. The van der Waals surface area contributed by atoms with E-state index in [-0.39, 0.29) is 17.4 Å². The van der Waals surface area contributed by atoms with Gasteiger partial charge in [-0.3, -0.25) is 9.69 Å². The van der Waals surface area contributed by atoms with E-state index in [9.17, 15) is 9.90 Å². The number of nitrogens with zero attached hydrogens (tertiary/aromatic N) is 1. The first-order valence-electron chi connectivity index (χ1n) is 6.20. The van der Waals surface area contributed by atoms with Crippen molar-refractivity contribution >= 4 is 5.97 Å². The molecule has 0 radical (unpaired) electrons. The molecule has 94 valence electrons. The van der Waals surface area contributed by atoms with Gasteiger partial charge >= 0.3 is 5.97 Å². The number of hydrogen-bond donors (Lipinski definition) is 1. The van der Waals surface area contributed by atoms with Gasteiger partial charge in [0.25, 0.3) is 0 Å². The summed E-state index contributed by atoms with van der Waals surface area (Å²) in [6.07, 6.45) is 2.90. The van der Waals surface area contributed by atoms with Crippen LogP contribution in [0, 0.1) is 11.3 Å². The topological polar surface area (TPSA) is 40.5 Å². The molecular formula is C13H25NO2. The summed E-state index contributed by atoms with van der Waals surface area (Å²) in [4.78, 5) is 13.4. The van der Waals surface area contributed by atoms with Crippen LogP contribution >= 0.6 is 0 Å². The van der Waals surface area contributed by atoms with Gasteiger partial charge in [-0.05, 0) is 32.2 Å². The van der Waals surface area contributed by atoms with Crippen LogP contribution < -0.4 is 0 Å². The predicted molar refractivity (Wildman–Crippen MR) is 65.4 cm³/mol. The summed E-state index contributed by atoms with van der Waals surface area (Å²) in [7, 11) is 2.07. The van der Waals surface area contributed by atoms with E-state index < -0.39 is 5.97 Å². The lowest BCUT2D eigenvalue weighted by Crippen LogP contribution is -2.48. The molecule has 3 nitrogen and oxygen atoms in total. The van der Waals surface area contributed by atoms with E-state index >= 15 is 0 Å². The molecule has 0 heterocycles. The maximum absolute atomic E-state index is 11.2. The predicted octanol–water partition coefficient (Wildman–Crippen LogP) is 2.61. The summed E-state index contributed by atoms with van der Waals surface area (Å²) < 4.78 is 0. The highest BCUT2D eigenvalue weighted by atomic mass is 16.4. The number of rotatable bonds is 3. The van der Waals surface area contributed by atoms with Gasteiger partial charge in [-0.25, -0.2) is 0 Å². The van der Waals surface area contributed by atoms with E-state index in [4.69, 9.17) is 0 Å². The molecule has 3 atom stereocenters. The zero-order valence-corrected chi connectivity index (χ0v) is 11.2. The summed E-state index contributed by atoms with van der Waals surface area (Å²) in [5.41, 5.74) is 0.195. The van der Waals surface area contributed by atoms with Crippen molar-refractivity contribution in [2.45, 2.75) is 59.0 Å². The normalized spacial score (nSPS) is 28.4. The second-order valence-corrected chi connectivity index (χ2v) is 6.15. The average Bonchev–Trinajstić information content (AvgIpc) is 2.62. The minimum absolute atomic E-state index is 0.171. The van der Waals surface area contributed by atoms with Gasteiger partial charge in [0.05, 0.1) is 5.92 Å². The first kappa shape index (κ1) is 13.5. The van der Waals surface area contributed by atoms with Gasteiger partial charge in [0, 0.05) is 12.1 Å². The van der Waals surface area contributed by atoms with Crippen LogP contribution in [-0.4, -0.2) is 35.1 Å². The van der Waals surface area contributed by atoms with Gasteiger partial charge in [-0.1, -0.05) is 27.2 Å². The standard InChI is InChI=1S/C13H25NO2/c1-9(13(2,3)4)14(5)11-8-6-7-10(11)12(15)16/h9-11H,6-8H2,1-5H3,(H,15,16). The van der Waals surface area contributed by atoms with Gasteiger partial charge in [-0.2, -0.15) is 0 Å². The zero-order chi connectivity index (χ0) is 12.5. The quantitative estimate of drug-likeness (QED) is 0.805. The summed E-state index contributed by atoms with van der Waals surface area (Å²) in [6, 6.07) is 0.615. The monoisotopic (exact) mass is 227 g/mol. The molecule has 0 amide bonds.